The van der Waals surface area contributed by atoms with E-state index in [4.69, 9.17) is 4.74 Å². The molecule has 1 aromatic heterocycles. The number of amides is 1. The van der Waals surface area contributed by atoms with Crippen LogP contribution in [-0.4, -0.2) is 47.9 Å². The van der Waals surface area contributed by atoms with Gasteiger partial charge in [0.1, 0.15) is 17.3 Å². The maximum atomic E-state index is 14.0. The number of ether oxygens (including phenoxy) is 1. The number of nitrogens with zero attached hydrogens (tertiary/aromatic N) is 3. The molecule has 3 aromatic rings. The average Bonchev–Trinajstić information content (AvgIpc) is 3.09. The van der Waals surface area contributed by atoms with E-state index in [9.17, 15) is 19.1 Å². The van der Waals surface area contributed by atoms with E-state index in [1.807, 2.05) is 31.1 Å². The van der Waals surface area contributed by atoms with Crippen LogP contribution in [0, 0.1) is 5.82 Å². The van der Waals surface area contributed by atoms with Crippen LogP contribution in [0.4, 0.5) is 10.1 Å². The molecular weight excluding hydrogens is 437 g/mol. The van der Waals surface area contributed by atoms with Gasteiger partial charge in [-0.3, -0.25) is 14.6 Å². The van der Waals surface area contributed by atoms with Crippen molar-refractivity contribution in [2.75, 3.05) is 26.1 Å². The van der Waals surface area contributed by atoms with Crippen LogP contribution in [-0.2, 0) is 16.1 Å². The molecule has 7 nitrogen and oxygen atoms in total. The summed E-state index contributed by atoms with van der Waals surface area (Å²) >= 11 is 0. The number of anilines is 1. The Balaban J connectivity index is 1.90. The molecule has 1 saturated heterocycles. The van der Waals surface area contributed by atoms with Crippen LogP contribution in [0.15, 0.2) is 72.6 Å². The van der Waals surface area contributed by atoms with Crippen molar-refractivity contribution >= 4 is 23.1 Å². The van der Waals surface area contributed by atoms with Gasteiger partial charge in [-0.2, -0.15) is 0 Å². The van der Waals surface area contributed by atoms with Gasteiger partial charge >= 0.3 is 0 Å². The topological polar surface area (TPSA) is 83.0 Å². The van der Waals surface area contributed by atoms with Crippen molar-refractivity contribution in [3.05, 3.63) is 95.1 Å². The highest BCUT2D eigenvalue weighted by Gasteiger charge is 2.46. The van der Waals surface area contributed by atoms with Gasteiger partial charge in [0.15, 0.2) is 0 Å². The zero-order chi connectivity index (χ0) is 24.4. The van der Waals surface area contributed by atoms with Gasteiger partial charge in [-0.1, -0.05) is 18.2 Å². The van der Waals surface area contributed by atoms with E-state index in [2.05, 4.69) is 4.98 Å². The Bertz CT molecular complexity index is 1260. The lowest BCUT2D eigenvalue weighted by molar-refractivity contribution is -0.140. The fourth-order valence-electron chi connectivity index (χ4n) is 4.04. The predicted octanol–water partition coefficient (Wildman–Crippen LogP) is 3.92. The first-order valence-electron chi connectivity index (χ1n) is 10.6. The number of benzene rings is 2. The van der Waals surface area contributed by atoms with Crippen molar-refractivity contribution in [1.82, 2.24) is 9.88 Å². The Hall–Kier alpha value is -4.20. The minimum Gasteiger partial charge on any atom is -0.507 e. The molecule has 1 unspecified atom stereocenters. The summed E-state index contributed by atoms with van der Waals surface area (Å²) in [6.45, 7) is 0.107. The summed E-state index contributed by atoms with van der Waals surface area (Å²) in [7, 11) is 5.18. The lowest BCUT2D eigenvalue weighted by Gasteiger charge is -2.26. The normalized spacial score (nSPS) is 17.2. The number of hydrogen-bond acceptors (Lipinski definition) is 6. The van der Waals surface area contributed by atoms with Crippen LogP contribution in [0.3, 0.4) is 0 Å². The molecule has 1 aliphatic heterocycles. The van der Waals surface area contributed by atoms with Crippen LogP contribution < -0.4 is 9.64 Å². The number of pyridine rings is 1. The molecule has 1 atom stereocenters. The van der Waals surface area contributed by atoms with Gasteiger partial charge in [0, 0.05) is 38.7 Å². The molecule has 0 spiro atoms. The van der Waals surface area contributed by atoms with E-state index in [1.54, 1.807) is 36.7 Å². The number of aliphatic hydroxyl groups excluding tert-OH is 1. The summed E-state index contributed by atoms with van der Waals surface area (Å²) < 4.78 is 19.3. The molecule has 1 fully saturated rings. The Morgan fingerprint density at radius 3 is 2.50 bits per heavy atom. The molecule has 0 saturated carbocycles. The highest BCUT2D eigenvalue weighted by atomic mass is 19.1. The second-order valence-electron chi connectivity index (χ2n) is 8.12. The number of hydrogen-bond donors (Lipinski definition) is 1. The number of Topliss-reactive ketones (excluding diaryl/α,β-unsaturated/α-hetero) is 1. The molecule has 174 valence electrons. The monoisotopic (exact) mass is 461 g/mol. The first-order chi connectivity index (χ1) is 16.3. The number of halogens is 1. The Labute approximate surface area is 196 Å². The van der Waals surface area contributed by atoms with Crippen molar-refractivity contribution in [2.24, 2.45) is 0 Å². The lowest BCUT2D eigenvalue weighted by atomic mass is 9.94. The number of aliphatic hydroxyl groups is 1. The summed E-state index contributed by atoms with van der Waals surface area (Å²) in [4.78, 5) is 33.7. The minimum absolute atomic E-state index is 0.00297. The van der Waals surface area contributed by atoms with Crippen molar-refractivity contribution in [3.63, 3.8) is 0 Å². The maximum absolute atomic E-state index is 14.0. The number of carbonyl (C=O) groups is 2. The molecule has 1 N–H and O–H groups in total. The molecular formula is C26H24FN3O4. The van der Waals surface area contributed by atoms with Crippen LogP contribution in [0.2, 0.25) is 0 Å². The molecule has 0 bridgehead atoms. The second-order valence-corrected chi connectivity index (χ2v) is 8.12. The molecule has 0 aliphatic carbocycles. The quantitative estimate of drug-likeness (QED) is 0.340. The molecule has 34 heavy (non-hydrogen) atoms. The summed E-state index contributed by atoms with van der Waals surface area (Å²) in [6, 6.07) is 13.6. The Morgan fingerprint density at radius 1 is 1.15 bits per heavy atom. The van der Waals surface area contributed by atoms with Crippen molar-refractivity contribution in [2.45, 2.75) is 12.6 Å². The second kappa shape index (κ2) is 9.35. The highest BCUT2D eigenvalue weighted by Crippen LogP contribution is 2.42. The number of ketones is 1. The number of aromatic nitrogens is 1. The fourth-order valence-corrected chi connectivity index (χ4v) is 4.04. The van der Waals surface area contributed by atoms with Gasteiger partial charge < -0.3 is 19.6 Å². The third kappa shape index (κ3) is 4.22. The molecule has 4 rings (SSSR count). The maximum Gasteiger partial charge on any atom is 0.295 e. The largest absolute Gasteiger partial charge is 0.507 e. The van der Waals surface area contributed by atoms with Crippen molar-refractivity contribution in [1.29, 1.82) is 0 Å². The zero-order valence-electron chi connectivity index (χ0n) is 19.0. The third-order valence-electron chi connectivity index (χ3n) is 5.76. The first-order valence-corrected chi connectivity index (χ1v) is 10.6. The Kier molecular flexibility index (Phi) is 6.32. The summed E-state index contributed by atoms with van der Waals surface area (Å²) in [5, 5.41) is 11.2. The van der Waals surface area contributed by atoms with Crippen molar-refractivity contribution < 1.29 is 23.8 Å². The Morgan fingerprint density at radius 2 is 1.88 bits per heavy atom. The van der Waals surface area contributed by atoms with E-state index in [1.165, 1.54) is 24.1 Å². The van der Waals surface area contributed by atoms with E-state index in [0.29, 0.717) is 5.56 Å². The molecule has 0 radical (unpaired) electrons. The number of likely N-dealkylation sites (tertiary alicyclic amines) is 1. The van der Waals surface area contributed by atoms with Crippen LogP contribution in [0.25, 0.3) is 5.76 Å². The number of rotatable bonds is 6. The van der Waals surface area contributed by atoms with Gasteiger partial charge in [-0.05, 0) is 47.5 Å². The molecule has 8 heteroatoms. The third-order valence-corrected chi connectivity index (χ3v) is 5.76. The SMILES string of the molecule is COc1ccc(F)cc1/C(O)=C1\C(=O)C(=O)N(Cc2cccnc2)C1c1ccc(N(C)C)cc1. The van der Waals surface area contributed by atoms with Gasteiger partial charge in [-0.25, -0.2) is 4.39 Å². The lowest BCUT2D eigenvalue weighted by Crippen LogP contribution is -2.29. The van der Waals surface area contributed by atoms with Crippen LogP contribution >= 0.6 is 0 Å². The van der Waals surface area contributed by atoms with Gasteiger partial charge in [0.25, 0.3) is 11.7 Å². The fraction of sp³-hybridized carbons (Fsp3) is 0.192. The summed E-state index contributed by atoms with van der Waals surface area (Å²) in [5.41, 5.74) is 2.15. The highest BCUT2D eigenvalue weighted by molar-refractivity contribution is 6.46. The van der Waals surface area contributed by atoms with Gasteiger partial charge in [0.05, 0.1) is 24.3 Å². The van der Waals surface area contributed by atoms with Gasteiger partial charge in [-0.15, -0.1) is 0 Å². The minimum atomic E-state index is -0.885. The summed E-state index contributed by atoms with van der Waals surface area (Å²) in [5.74, 6) is -2.54. The number of carbonyl (C=O) groups excluding carboxylic acids is 2. The number of methoxy groups -OCH3 is 1. The molecule has 1 aliphatic rings. The smallest absolute Gasteiger partial charge is 0.295 e. The first kappa shape index (κ1) is 23.0. The summed E-state index contributed by atoms with van der Waals surface area (Å²) in [6.07, 6.45) is 3.23. The zero-order valence-corrected chi connectivity index (χ0v) is 19.0. The van der Waals surface area contributed by atoms with E-state index in [0.717, 1.165) is 17.3 Å². The predicted molar refractivity (Wildman–Crippen MR) is 126 cm³/mol. The van der Waals surface area contributed by atoms with Crippen LogP contribution in [0.1, 0.15) is 22.7 Å². The van der Waals surface area contributed by atoms with E-state index in [-0.39, 0.29) is 23.4 Å². The van der Waals surface area contributed by atoms with Crippen LogP contribution in [0.5, 0.6) is 5.75 Å². The standard InChI is InChI=1S/C26H24FN3O4/c1-29(2)19-9-6-17(7-10-19)23-22(24(31)20-13-18(27)8-11-21(20)34-3)25(32)26(33)30(23)15-16-5-4-12-28-14-16/h4-14,23,31H,15H2,1-3H3/b24-22+. The van der Waals surface area contributed by atoms with E-state index >= 15 is 0 Å². The average molecular weight is 461 g/mol. The van der Waals surface area contributed by atoms with E-state index < -0.39 is 29.3 Å². The van der Waals surface area contributed by atoms with Gasteiger partial charge in [0.2, 0.25) is 0 Å². The van der Waals surface area contributed by atoms with Crippen molar-refractivity contribution in [3.8, 4) is 5.75 Å². The molecule has 2 aromatic carbocycles. The molecule has 1 amide bonds. The molecule has 2 heterocycles.